The normalized spacial score (nSPS) is 15.9. The maximum atomic E-state index is 13.2. The minimum absolute atomic E-state index is 0.166. The molecule has 7 heteroatoms. The second-order valence-corrected chi connectivity index (χ2v) is 9.73. The van der Waals surface area contributed by atoms with Gasteiger partial charge in [0.05, 0.1) is 10.6 Å². The minimum atomic E-state index is -0.166. The molecule has 5 nitrogen and oxygen atoms in total. The number of hydrogen-bond acceptors (Lipinski definition) is 6. The zero-order valence-corrected chi connectivity index (χ0v) is 20.1. The number of hydrogen-bond donors (Lipinski definition) is 0. The molecule has 0 saturated carbocycles. The maximum absolute atomic E-state index is 13.2. The van der Waals surface area contributed by atoms with Gasteiger partial charge >= 0.3 is 0 Å². The van der Waals surface area contributed by atoms with Crippen LogP contribution in [0.5, 0.6) is 17.2 Å². The van der Waals surface area contributed by atoms with Crippen molar-refractivity contribution in [1.82, 2.24) is 0 Å². The fourth-order valence-corrected chi connectivity index (χ4v) is 5.44. The lowest BCUT2D eigenvalue weighted by Gasteiger charge is -2.14. The predicted molar refractivity (Wildman–Crippen MR) is 143 cm³/mol. The Labute approximate surface area is 211 Å². The molecule has 0 N–H and O–H groups in total. The lowest BCUT2D eigenvalue weighted by Crippen LogP contribution is -2.27. The molecule has 0 radical (unpaired) electrons. The van der Waals surface area contributed by atoms with Gasteiger partial charge in [-0.1, -0.05) is 78.6 Å². The van der Waals surface area contributed by atoms with Crippen molar-refractivity contribution in [2.75, 3.05) is 11.7 Å². The van der Waals surface area contributed by atoms with E-state index in [1.54, 1.807) is 12.1 Å². The van der Waals surface area contributed by atoms with Gasteiger partial charge in [-0.15, -0.1) is 0 Å². The molecule has 0 atom stereocenters. The van der Waals surface area contributed by atoms with E-state index in [0.717, 1.165) is 16.9 Å². The van der Waals surface area contributed by atoms with E-state index in [9.17, 15) is 4.79 Å². The SMILES string of the molecule is O=C1/C(=C\c2cccc(OCc3cccc4ccccc34)c2)SC(=S)N1c1ccc2c(c1)OCO2. The van der Waals surface area contributed by atoms with Crippen molar-refractivity contribution in [2.24, 2.45) is 0 Å². The largest absolute Gasteiger partial charge is 0.489 e. The fourth-order valence-electron chi connectivity index (χ4n) is 4.14. The molecule has 1 saturated heterocycles. The summed E-state index contributed by atoms with van der Waals surface area (Å²) in [5, 5.41) is 2.37. The first-order chi connectivity index (χ1) is 17.2. The molecule has 0 aromatic heterocycles. The summed E-state index contributed by atoms with van der Waals surface area (Å²) in [5.41, 5.74) is 2.65. The third-order valence-electron chi connectivity index (χ3n) is 5.84. The first-order valence-corrected chi connectivity index (χ1v) is 12.3. The van der Waals surface area contributed by atoms with Crippen molar-refractivity contribution >= 4 is 56.7 Å². The van der Waals surface area contributed by atoms with Crippen molar-refractivity contribution in [3.8, 4) is 17.2 Å². The van der Waals surface area contributed by atoms with Crippen LogP contribution in [0.4, 0.5) is 5.69 Å². The van der Waals surface area contributed by atoms with Crippen LogP contribution in [0, 0.1) is 0 Å². The van der Waals surface area contributed by atoms with E-state index < -0.39 is 0 Å². The van der Waals surface area contributed by atoms with E-state index in [0.29, 0.717) is 33.0 Å². The third kappa shape index (κ3) is 4.24. The second-order valence-electron chi connectivity index (χ2n) is 8.05. The van der Waals surface area contributed by atoms with Gasteiger partial charge in [0.1, 0.15) is 12.4 Å². The van der Waals surface area contributed by atoms with Crippen molar-refractivity contribution in [3.05, 3.63) is 101 Å². The molecule has 6 rings (SSSR count). The highest BCUT2D eigenvalue weighted by atomic mass is 32.2. The molecular weight excluding hydrogens is 478 g/mol. The Bertz CT molecular complexity index is 1510. The molecular formula is C28H19NO4S2. The smallest absolute Gasteiger partial charge is 0.270 e. The van der Waals surface area contributed by atoms with E-state index in [1.807, 2.05) is 54.6 Å². The average Bonchev–Trinajstić information content (AvgIpc) is 3.46. The van der Waals surface area contributed by atoms with Crippen molar-refractivity contribution < 1.29 is 19.0 Å². The van der Waals surface area contributed by atoms with E-state index in [-0.39, 0.29) is 12.7 Å². The van der Waals surface area contributed by atoms with Gasteiger partial charge in [-0.25, -0.2) is 0 Å². The predicted octanol–water partition coefficient (Wildman–Crippen LogP) is 6.55. The summed E-state index contributed by atoms with van der Waals surface area (Å²) < 4.78 is 17.4. The lowest BCUT2D eigenvalue weighted by atomic mass is 10.1. The molecule has 0 aliphatic carbocycles. The van der Waals surface area contributed by atoms with Crippen molar-refractivity contribution in [2.45, 2.75) is 6.61 Å². The summed E-state index contributed by atoms with van der Waals surface area (Å²) in [6.45, 7) is 0.632. The fraction of sp³-hybridized carbons (Fsp3) is 0.0714. The van der Waals surface area contributed by atoms with E-state index in [1.165, 1.54) is 27.4 Å². The van der Waals surface area contributed by atoms with Crippen LogP contribution < -0.4 is 19.1 Å². The Kier molecular flexibility index (Phi) is 5.64. The number of nitrogens with zero attached hydrogens (tertiary/aromatic N) is 1. The number of amides is 1. The summed E-state index contributed by atoms with van der Waals surface area (Å²) in [6.07, 6.45) is 1.84. The van der Waals surface area contributed by atoms with Gasteiger partial charge in [-0.2, -0.15) is 0 Å². The van der Waals surface area contributed by atoms with Crippen molar-refractivity contribution in [1.29, 1.82) is 0 Å². The molecule has 35 heavy (non-hydrogen) atoms. The quantitative estimate of drug-likeness (QED) is 0.230. The molecule has 2 aliphatic rings. The molecule has 4 aromatic carbocycles. The zero-order chi connectivity index (χ0) is 23.8. The number of thioether (sulfide) groups is 1. The molecule has 2 heterocycles. The first kappa shape index (κ1) is 21.7. The number of carbonyl (C=O) groups is 1. The van der Waals surface area contributed by atoms with E-state index in [2.05, 4.69) is 24.3 Å². The van der Waals surface area contributed by atoms with Crippen LogP contribution >= 0.6 is 24.0 Å². The number of ether oxygens (including phenoxy) is 3. The number of fused-ring (bicyclic) bond motifs is 2. The molecule has 1 amide bonds. The van der Waals surface area contributed by atoms with Crippen LogP contribution in [0.1, 0.15) is 11.1 Å². The Morgan fingerprint density at radius 2 is 1.77 bits per heavy atom. The van der Waals surface area contributed by atoms with Crippen LogP contribution in [0.2, 0.25) is 0 Å². The van der Waals surface area contributed by atoms with Gasteiger partial charge in [0.25, 0.3) is 5.91 Å². The third-order valence-corrected chi connectivity index (χ3v) is 7.14. The van der Waals surface area contributed by atoms with Gasteiger partial charge in [-0.05, 0) is 52.2 Å². The Hall–Kier alpha value is -3.81. The second kappa shape index (κ2) is 9.09. The number of benzene rings is 4. The molecule has 0 bridgehead atoms. The number of carbonyl (C=O) groups excluding carboxylic acids is 1. The van der Waals surface area contributed by atoms with E-state index >= 15 is 0 Å². The molecule has 0 unspecified atom stereocenters. The number of anilines is 1. The maximum Gasteiger partial charge on any atom is 0.270 e. The highest BCUT2D eigenvalue weighted by molar-refractivity contribution is 8.27. The number of rotatable bonds is 5. The monoisotopic (exact) mass is 497 g/mol. The summed E-state index contributed by atoms with van der Waals surface area (Å²) in [6, 6.07) is 27.6. The lowest BCUT2D eigenvalue weighted by molar-refractivity contribution is -0.113. The molecule has 2 aliphatic heterocycles. The van der Waals surface area contributed by atoms with Gasteiger partial charge in [-0.3, -0.25) is 9.69 Å². The highest BCUT2D eigenvalue weighted by Gasteiger charge is 2.34. The van der Waals surface area contributed by atoms with Crippen LogP contribution in [0.15, 0.2) is 89.8 Å². The molecule has 172 valence electrons. The first-order valence-electron chi connectivity index (χ1n) is 11.0. The molecule has 0 spiro atoms. The Morgan fingerprint density at radius 3 is 2.71 bits per heavy atom. The summed E-state index contributed by atoms with van der Waals surface area (Å²) >= 11 is 6.79. The Balaban J connectivity index is 1.21. The van der Waals surface area contributed by atoms with Gasteiger partial charge in [0.2, 0.25) is 6.79 Å². The molecule has 4 aromatic rings. The standard InChI is InChI=1S/C28H19NO4S2/c30-27-26(35-28(34)29(27)21-11-12-24-25(15-21)33-17-32-24)14-18-5-3-9-22(13-18)31-16-20-8-4-7-19-6-1-2-10-23(19)20/h1-15H,16-17H2/b26-14+. The Morgan fingerprint density at radius 1 is 0.943 bits per heavy atom. The van der Waals surface area contributed by atoms with Gasteiger partial charge < -0.3 is 14.2 Å². The highest BCUT2D eigenvalue weighted by Crippen LogP contribution is 2.41. The van der Waals surface area contributed by atoms with Crippen LogP contribution in [-0.4, -0.2) is 17.0 Å². The van der Waals surface area contributed by atoms with Crippen LogP contribution in [0.3, 0.4) is 0 Å². The van der Waals surface area contributed by atoms with Crippen LogP contribution in [0.25, 0.3) is 16.8 Å². The van der Waals surface area contributed by atoms with E-state index in [4.69, 9.17) is 26.4 Å². The average molecular weight is 498 g/mol. The van der Waals surface area contributed by atoms with Crippen molar-refractivity contribution in [3.63, 3.8) is 0 Å². The van der Waals surface area contributed by atoms with Gasteiger partial charge in [0, 0.05) is 6.07 Å². The molecule has 1 fully saturated rings. The zero-order valence-electron chi connectivity index (χ0n) is 18.5. The van der Waals surface area contributed by atoms with Crippen LogP contribution in [-0.2, 0) is 11.4 Å². The summed E-state index contributed by atoms with van der Waals surface area (Å²) in [7, 11) is 0. The van der Waals surface area contributed by atoms with Gasteiger partial charge in [0.15, 0.2) is 15.8 Å². The number of thiocarbonyl (C=S) groups is 1. The summed E-state index contributed by atoms with van der Waals surface area (Å²) in [5.74, 6) is 1.84. The summed E-state index contributed by atoms with van der Waals surface area (Å²) in [4.78, 5) is 15.3. The minimum Gasteiger partial charge on any atom is -0.489 e. The topological polar surface area (TPSA) is 48.0 Å².